The third kappa shape index (κ3) is 6.08. The van der Waals surface area contributed by atoms with Crippen LogP contribution < -0.4 is 11.5 Å². The van der Waals surface area contributed by atoms with E-state index in [0.717, 1.165) is 0 Å². The van der Waals surface area contributed by atoms with Crippen LogP contribution >= 0.6 is 7.82 Å². The van der Waals surface area contributed by atoms with E-state index in [1.54, 1.807) is 0 Å². The van der Waals surface area contributed by atoms with E-state index in [4.69, 9.17) is 36.0 Å². The summed E-state index contributed by atoms with van der Waals surface area (Å²) in [6.45, 7) is -0.781. The number of aliphatic hydroxyl groups is 6. The number of imidazole rings is 2. The summed E-state index contributed by atoms with van der Waals surface area (Å²) < 4.78 is 31.5. The average molecular weight is 642 g/mol. The minimum Gasteiger partial charge on any atom is -0.394 e. The Labute approximate surface area is 246 Å². The second kappa shape index (κ2) is 12.9. The fraction of sp³-hybridized carbons (Fsp3) is 0.500. The smallest absolute Gasteiger partial charge is 0.394 e. The van der Waals surface area contributed by atoms with Crippen molar-refractivity contribution in [3.8, 4) is 0 Å². The van der Waals surface area contributed by atoms with Gasteiger partial charge in [0.2, 0.25) is 0 Å². The van der Waals surface area contributed by atoms with Crippen LogP contribution in [0.2, 0.25) is 0 Å². The Morgan fingerprint density at radius 2 is 1.11 bits per heavy atom. The molecule has 0 amide bonds. The molecule has 7 rings (SSSR count). The summed E-state index contributed by atoms with van der Waals surface area (Å²) in [6.07, 6.45) is -2.85. The van der Waals surface area contributed by atoms with Gasteiger partial charge in [0.15, 0.2) is 35.4 Å². The van der Waals surface area contributed by atoms with Crippen LogP contribution in [0.3, 0.4) is 0 Å². The topological polar surface area (TPSA) is 335 Å². The minimum absolute atomic E-state index is 0.0478. The van der Waals surface area contributed by atoms with Crippen molar-refractivity contribution >= 4 is 49.5 Å². The second-order valence-electron chi connectivity index (χ2n) is 9.47. The van der Waals surface area contributed by atoms with E-state index in [9.17, 15) is 25.0 Å². The molecule has 0 bridgehead atoms. The quantitative estimate of drug-likeness (QED) is 0.0747. The van der Waals surface area contributed by atoms with Gasteiger partial charge in [0, 0.05) is 0 Å². The molecule has 8 atom stereocenters. The highest BCUT2D eigenvalue weighted by molar-refractivity contribution is 7.52. The lowest BCUT2D eigenvalue weighted by Crippen LogP contribution is -2.33. The lowest BCUT2D eigenvalue weighted by Gasteiger charge is -2.17. The third-order valence-electron chi connectivity index (χ3n) is 6.79. The monoisotopic (exact) mass is 642 g/mol. The number of rotatable bonds is 4. The van der Waals surface area contributed by atoms with E-state index in [2.05, 4.69) is 38.8 Å². The van der Waals surface area contributed by atoms with E-state index in [-0.39, 0.29) is 19.3 Å². The lowest BCUT2D eigenvalue weighted by molar-refractivity contribution is -0.0511. The summed E-state index contributed by atoms with van der Waals surface area (Å²) in [4.78, 5) is 31.8. The van der Waals surface area contributed by atoms with Crippen LogP contribution in [0.5, 0.6) is 0 Å². The van der Waals surface area contributed by atoms with E-state index >= 15 is 0 Å². The molecule has 3 aliphatic rings. The van der Waals surface area contributed by atoms with Crippen LogP contribution in [0.25, 0.3) is 22.3 Å². The molecule has 0 radical (unpaired) electrons. The molecule has 0 saturated carbocycles. The molecule has 238 valence electrons. The molecule has 3 fully saturated rings. The average Bonchev–Trinajstić information content (AvgIpc) is 3.75. The predicted molar refractivity (Wildman–Crippen MR) is 145 cm³/mol. The second-order valence-corrected chi connectivity index (χ2v) is 10.9. The number of nitrogens with two attached hydrogens (primary N) is 2. The first kappa shape index (κ1) is 32.0. The van der Waals surface area contributed by atoms with Gasteiger partial charge in [0.1, 0.15) is 60.3 Å². The zero-order chi connectivity index (χ0) is 31.8. The molecule has 3 aliphatic heterocycles. The van der Waals surface area contributed by atoms with Crippen LogP contribution in [0.4, 0.5) is 11.6 Å². The molecule has 44 heavy (non-hydrogen) atoms. The maximum Gasteiger partial charge on any atom is 0.456 e. The van der Waals surface area contributed by atoms with Crippen molar-refractivity contribution < 1.29 is 58.5 Å². The molecule has 4 aromatic rings. The summed E-state index contributed by atoms with van der Waals surface area (Å²) in [5.74, 6) is 0.436. The Morgan fingerprint density at radius 1 is 0.727 bits per heavy atom. The van der Waals surface area contributed by atoms with Gasteiger partial charge in [0.05, 0.1) is 25.9 Å². The van der Waals surface area contributed by atoms with Crippen LogP contribution in [0.15, 0.2) is 25.3 Å². The fourth-order valence-corrected chi connectivity index (χ4v) is 4.76. The van der Waals surface area contributed by atoms with Gasteiger partial charge >= 0.3 is 15.5 Å². The number of phosphoric acid groups is 1. The Balaban J connectivity index is 0.000000147. The van der Waals surface area contributed by atoms with Gasteiger partial charge in [-0.25, -0.2) is 34.5 Å². The summed E-state index contributed by atoms with van der Waals surface area (Å²) in [7, 11) is -3.51. The van der Waals surface area contributed by atoms with Crippen LogP contribution in [-0.2, 0) is 22.9 Å². The van der Waals surface area contributed by atoms with Gasteiger partial charge in [-0.15, -0.1) is 0 Å². The van der Waals surface area contributed by atoms with E-state index in [0.29, 0.717) is 22.3 Å². The predicted octanol–water partition coefficient (Wildman–Crippen LogP) is -4.56. The number of nitrogens with zero attached hydrogens (tertiary/aromatic N) is 8. The standard InChI is InChI=1S/2C10H13N5O4.BH2O4P/c2*11-8-5-9(13-2-12-8)15(3-14-5)10-7(18)6(17)4(1-16)19-10;2-6(3)4-1-5-6/h2*2-4,6-7,10,16-18H,1H2,(H2,11,12,13);1H,(H,2,3)/t2*4-,6-,7-,10-;/m11./s1. The fourth-order valence-electron chi connectivity index (χ4n) is 4.48. The van der Waals surface area contributed by atoms with Gasteiger partial charge in [-0.1, -0.05) is 0 Å². The van der Waals surface area contributed by atoms with Crippen LogP contribution in [0.1, 0.15) is 12.5 Å². The molecular formula is C20H28BN10O12P. The van der Waals surface area contributed by atoms with Crippen molar-refractivity contribution in [2.24, 2.45) is 0 Å². The van der Waals surface area contributed by atoms with Gasteiger partial charge < -0.3 is 65.4 Å². The molecule has 7 heterocycles. The first-order chi connectivity index (χ1) is 21.0. The summed E-state index contributed by atoms with van der Waals surface area (Å²) >= 11 is 0. The number of anilines is 2. The number of fused-ring (bicyclic) bond motifs is 2. The maximum atomic E-state index is 9.95. The minimum atomic E-state index is -3.47. The van der Waals surface area contributed by atoms with Crippen LogP contribution in [0, 0.1) is 0 Å². The van der Waals surface area contributed by atoms with E-state index in [1.807, 2.05) is 0 Å². The largest absolute Gasteiger partial charge is 0.456 e. The molecule has 11 N–H and O–H groups in total. The number of nitrogen functional groups attached to an aromatic ring is 2. The zero-order valence-electron chi connectivity index (χ0n) is 22.4. The number of hydrogen-bond donors (Lipinski definition) is 9. The molecule has 4 aromatic heterocycles. The van der Waals surface area contributed by atoms with E-state index < -0.39 is 70.1 Å². The molecule has 22 nitrogen and oxygen atoms in total. The highest BCUT2D eigenvalue weighted by Crippen LogP contribution is 2.49. The summed E-state index contributed by atoms with van der Waals surface area (Å²) in [5, 5.41) is 57.5. The highest BCUT2D eigenvalue weighted by atomic mass is 31.2. The summed E-state index contributed by atoms with van der Waals surface area (Å²) in [5.41, 5.74) is 12.9. The first-order valence-electron chi connectivity index (χ1n) is 12.7. The van der Waals surface area contributed by atoms with Crippen molar-refractivity contribution in [2.45, 2.75) is 49.1 Å². The number of hydrogen-bond acceptors (Lipinski definition) is 19. The molecule has 0 aliphatic carbocycles. The van der Waals surface area contributed by atoms with Crippen molar-refractivity contribution in [3.05, 3.63) is 25.3 Å². The van der Waals surface area contributed by atoms with Gasteiger partial charge in [-0.05, 0) is 0 Å². The van der Waals surface area contributed by atoms with E-state index in [1.165, 1.54) is 34.4 Å². The Hall–Kier alpha value is -3.45. The van der Waals surface area contributed by atoms with Gasteiger partial charge in [0.25, 0.3) is 0 Å². The van der Waals surface area contributed by atoms with Crippen molar-refractivity contribution in [2.75, 3.05) is 24.7 Å². The first-order valence-corrected chi connectivity index (χ1v) is 14.2. The van der Waals surface area contributed by atoms with Gasteiger partial charge in [-0.3, -0.25) is 9.13 Å². The molecule has 3 saturated heterocycles. The van der Waals surface area contributed by atoms with Crippen molar-refractivity contribution in [1.82, 2.24) is 39.0 Å². The maximum absolute atomic E-state index is 9.95. The van der Waals surface area contributed by atoms with Gasteiger partial charge in [-0.2, -0.15) is 0 Å². The SMILES string of the molecule is Nc1ncnc2c1ncn2[C@@H]1O[C@H](CO)[C@@H](O)[C@H]1O.Nc1ncnc2c1ncn2[C@@H]1O[C@H](CO)[C@@H](O)[C@H]1O.O=P1(O)OBO1. The number of ether oxygens (including phenoxy) is 2. The van der Waals surface area contributed by atoms with Crippen LogP contribution in [-0.4, -0.2) is 132 Å². The molecule has 0 unspecified atom stereocenters. The molecule has 0 spiro atoms. The summed E-state index contributed by atoms with van der Waals surface area (Å²) in [6, 6.07) is 0. The molecule has 24 heteroatoms. The lowest BCUT2D eigenvalue weighted by atomic mass is 10.1. The Kier molecular flexibility index (Phi) is 9.36. The number of aromatic nitrogens is 8. The van der Waals surface area contributed by atoms with Crippen molar-refractivity contribution in [1.29, 1.82) is 0 Å². The Bertz CT molecular complexity index is 1530. The molecule has 0 aromatic carbocycles. The number of aliphatic hydroxyl groups excluding tert-OH is 6. The normalized spacial score (nSPS) is 30.6. The Morgan fingerprint density at radius 3 is 1.41 bits per heavy atom. The highest BCUT2D eigenvalue weighted by Gasteiger charge is 2.45. The molecular weight excluding hydrogens is 614 g/mol. The third-order valence-corrected chi connectivity index (χ3v) is 7.65. The van der Waals surface area contributed by atoms with Crippen molar-refractivity contribution in [3.63, 3.8) is 0 Å². The zero-order valence-corrected chi connectivity index (χ0v) is 23.3.